The summed E-state index contributed by atoms with van der Waals surface area (Å²) in [5.74, 6) is 2.83. The fourth-order valence-electron chi connectivity index (χ4n) is 5.56. The molecule has 0 unspecified atom stereocenters. The number of ether oxygens (including phenoxy) is 2. The van der Waals surface area contributed by atoms with Gasteiger partial charge in [-0.15, -0.1) is 0 Å². The highest BCUT2D eigenvalue weighted by molar-refractivity contribution is 5.88. The molecule has 2 aromatic carbocycles. The van der Waals surface area contributed by atoms with Crippen LogP contribution < -0.4 is 4.74 Å². The molecule has 0 amide bonds. The first kappa shape index (κ1) is 18.1. The van der Waals surface area contributed by atoms with Crippen LogP contribution in [0.5, 0.6) is 5.75 Å². The molecule has 4 nitrogen and oxygen atoms in total. The quantitative estimate of drug-likeness (QED) is 0.570. The Bertz CT molecular complexity index is 858. The zero-order valence-electron chi connectivity index (χ0n) is 16.4. The highest BCUT2D eigenvalue weighted by Gasteiger charge is 2.40. The molecule has 0 aromatic heterocycles. The van der Waals surface area contributed by atoms with Crippen LogP contribution in [0.1, 0.15) is 37.7 Å². The molecular weight excluding hydrogens is 350 g/mol. The van der Waals surface area contributed by atoms with Gasteiger partial charge in [0, 0.05) is 31.6 Å². The number of esters is 1. The lowest BCUT2D eigenvalue weighted by atomic mass is 9.86. The maximum atomic E-state index is 12.8. The molecule has 1 heterocycles. The predicted octanol–water partition coefficient (Wildman–Crippen LogP) is 4.40. The Labute approximate surface area is 166 Å². The van der Waals surface area contributed by atoms with Crippen LogP contribution in [-0.2, 0) is 16.1 Å². The summed E-state index contributed by atoms with van der Waals surface area (Å²) in [6, 6.07) is 12.4. The molecule has 2 bridgehead atoms. The second kappa shape index (κ2) is 7.84. The topological polar surface area (TPSA) is 38.8 Å². The summed E-state index contributed by atoms with van der Waals surface area (Å²) >= 11 is 0. The second-order valence-corrected chi connectivity index (χ2v) is 8.77. The van der Waals surface area contributed by atoms with E-state index in [1.54, 1.807) is 0 Å². The molecule has 1 aliphatic heterocycles. The van der Waals surface area contributed by atoms with Crippen molar-refractivity contribution >= 4 is 16.7 Å². The first-order chi connectivity index (χ1) is 13.8. The van der Waals surface area contributed by atoms with E-state index in [2.05, 4.69) is 35.2 Å². The maximum Gasteiger partial charge on any atom is 0.311 e. The summed E-state index contributed by atoms with van der Waals surface area (Å²) in [4.78, 5) is 15.2. The zero-order chi connectivity index (χ0) is 18.9. The number of benzene rings is 2. The van der Waals surface area contributed by atoms with E-state index in [9.17, 15) is 4.79 Å². The molecule has 28 heavy (non-hydrogen) atoms. The van der Waals surface area contributed by atoms with Gasteiger partial charge in [-0.25, -0.2) is 0 Å². The summed E-state index contributed by atoms with van der Waals surface area (Å²) in [5.41, 5.74) is 1.13. The minimum absolute atomic E-state index is 0.0592. The largest absolute Gasteiger partial charge is 0.426 e. The molecule has 1 saturated heterocycles. The molecule has 148 valence electrons. The molecule has 4 heteroatoms. The summed E-state index contributed by atoms with van der Waals surface area (Å²) in [7, 11) is 0. The van der Waals surface area contributed by atoms with Gasteiger partial charge < -0.3 is 9.47 Å². The molecule has 2 saturated carbocycles. The molecule has 3 aliphatic rings. The molecule has 3 fully saturated rings. The van der Waals surface area contributed by atoms with Crippen molar-refractivity contribution < 1.29 is 14.3 Å². The summed E-state index contributed by atoms with van der Waals surface area (Å²) < 4.78 is 11.5. The molecule has 2 aliphatic carbocycles. The van der Waals surface area contributed by atoms with Crippen molar-refractivity contribution in [3.8, 4) is 5.75 Å². The van der Waals surface area contributed by atoms with Gasteiger partial charge >= 0.3 is 5.97 Å². The minimum Gasteiger partial charge on any atom is -0.426 e. The Morgan fingerprint density at radius 2 is 1.93 bits per heavy atom. The smallest absolute Gasteiger partial charge is 0.311 e. The van der Waals surface area contributed by atoms with Crippen molar-refractivity contribution in [1.82, 2.24) is 4.90 Å². The molecule has 2 aromatic rings. The summed E-state index contributed by atoms with van der Waals surface area (Å²) in [6.07, 6.45) is 5.80. The van der Waals surface area contributed by atoms with Gasteiger partial charge in [-0.1, -0.05) is 36.8 Å². The van der Waals surface area contributed by atoms with E-state index in [4.69, 9.17) is 9.47 Å². The molecule has 5 rings (SSSR count). The van der Waals surface area contributed by atoms with E-state index in [0.717, 1.165) is 56.0 Å². The zero-order valence-corrected chi connectivity index (χ0v) is 16.4. The first-order valence-corrected chi connectivity index (χ1v) is 10.8. The number of carbonyl (C=O) groups is 1. The Kier molecular flexibility index (Phi) is 5.08. The fraction of sp³-hybridized carbons (Fsp3) is 0.542. The van der Waals surface area contributed by atoms with Crippen molar-refractivity contribution in [2.45, 2.75) is 38.6 Å². The summed E-state index contributed by atoms with van der Waals surface area (Å²) in [5, 5.41) is 2.37. The maximum absolute atomic E-state index is 12.8. The number of hydrogen-bond acceptors (Lipinski definition) is 4. The van der Waals surface area contributed by atoms with E-state index in [-0.39, 0.29) is 5.97 Å². The van der Waals surface area contributed by atoms with Crippen LogP contribution in [0.25, 0.3) is 10.8 Å². The highest BCUT2D eigenvalue weighted by atomic mass is 16.5. The van der Waals surface area contributed by atoms with Gasteiger partial charge in [0.25, 0.3) is 0 Å². The monoisotopic (exact) mass is 379 g/mol. The van der Waals surface area contributed by atoms with Crippen molar-refractivity contribution in [2.24, 2.45) is 17.8 Å². The van der Waals surface area contributed by atoms with Gasteiger partial charge in [0.05, 0.1) is 13.2 Å². The SMILES string of the molecule is O=C(C[C@H]1C[C@H]2CC[C@@H]1C2)Oc1ccc2ccccc2c1CN1CCOCC1. The number of hydrogen-bond donors (Lipinski definition) is 0. The van der Waals surface area contributed by atoms with Crippen LogP contribution in [0.4, 0.5) is 0 Å². The van der Waals surface area contributed by atoms with Crippen molar-refractivity contribution in [3.63, 3.8) is 0 Å². The van der Waals surface area contributed by atoms with Gasteiger partial charge in [-0.3, -0.25) is 9.69 Å². The van der Waals surface area contributed by atoms with Crippen LogP contribution in [0.15, 0.2) is 36.4 Å². The normalized spacial score (nSPS) is 27.4. The first-order valence-electron chi connectivity index (χ1n) is 10.8. The van der Waals surface area contributed by atoms with Crippen LogP contribution in [0.2, 0.25) is 0 Å². The second-order valence-electron chi connectivity index (χ2n) is 8.77. The number of fused-ring (bicyclic) bond motifs is 3. The standard InChI is InChI=1S/C24H29NO3/c26-24(15-20-14-17-5-6-19(20)13-17)28-23-8-7-18-3-1-2-4-21(18)22(23)16-25-9-11-27-12-10-25/h1-4,7-8,17,19-20H,5-6,9-16H2/t17-,19+,20+/m0/s1. The van der Waals surface area contributed by atoms with E-state index < -0.39 is 0 Å². The van der Waals surface area contributed by atoms with Gasteiger partial charge in [-0.05, 0) is 53.9 Å². The fourth-order valence-corrected chi connectivity index (χ4v) is 5.56. The Balaban J connectivity index is 1.36. The Hall–Kier alpha value is -1.91. The molecular formula is C24H29NO3. The number of rotatable bonds is 5. The number of morpholine rings is 1. The van der Waals surface area contributed by atoms with Crippen LogP contribution in [-0.4, -0.2) is 37.2 Å². The number of carbonyl (C=O) groups excluding carboxylic acids is 1. The molecule has 0 N–H and O–H groups in total. The van der Waals surface area contributed by atoms with E-state index >= 15 is 0 Å². The van der Waals surface area contributed by atoms with Gasteiger partial charge in [-0.2, -0.15) is 0 Å². The Morgan fingerprint density at radius 3 is 2.71 bits per heavy atom. The van der Waals surface area contributed by atoms with Crippen LogP contribution >= 0.6 is 0 Å². The minimum atomic E-state index is -0.0592. The van der Waals surface area contributed by atoms with E-state index in [1.807, 2.05) is 6.07 Å². The van der Waals surface area contributed by atoms with Crippen LogP contribution in [0.3, 0.4) is 0 Å². The third-order valence-corrected chi connectivity index (χ3v) is 7.02. The number of nitrogens with zero attached hydrogens (tertiary/aromatic N) is 1. The van der Waals surface area contributed by atoms with Crippen molar-refractivity contribution in [3.05, 3.63) is 42.0 Å². The lowest BCUT2D eigenvalue weighted by Crippen LogP contribution is -2.35. The predicted molar refractivity (Wildman–Crippen MR) is 109 cm³/mol. The van der Waals surface area contributed by atoms with Crippen molar-refractivity contribution in [1.29, 1.82) is 0 Å². The third-order valence-electron chi connectivity index (χ3n) is 7.02. The highest BCUT2D eigenvalue weighted by Crippen LogP contribution is 2.49. The Morgan fingerprint density at radius 1 is 1.07 bits per heavy atom. The van der Waals surface area contributed by atoms with Gasteiger partial charge in [0.15, 0.2) is 0 Å². The van der Waals surface area contributed by atoms with Gasteiger partial charge in [0.1, 0.15) is 5.75 Å². The third kappa shape index (κ3) is 3.68. The average molecular weight is 380 g/mol. The van der Waals surface area contributed by atoms with Crippen LogP contribution in [0, 0.1) is 17.8 Å². The molecule has 0 spiro atoms. The average Bonchev–Trinajstić information content (AvgIpc) is 3.34. The van der Waals surface area contributed by atoms with E-state index in [0.29, 0.717) is 12.3 Å². The van der Waals surface area contributed by atoms with Crippen molar-refractivity contribution in [2.75, 3.05) is 26.3 Å². The van der Waals surface area contributed by atoms with E-state index in [1.165, 1.54) is 36.5 Å². The summed E-state index contributed by atoms with van der Waals surface area (Å²) in [6.45, 7) is 4.17. The molecule has 3 atom stereocenters. The lowest BCUT2D eigenvalue weighted by Gasteiger charge is -2.28. The molecule has 0 radical (unpaired) electrons. The lowest BCUT2D eigenvalue weighted by molar-refractivity contribution is -0.135. The van der Waals surface area contributed by atoms with Gasteiger partial charge in [0.2, 0.25) is 0 Å².